The highest BCUT2D eigenvalue weighted by molar-refractivity contribution is 7.98. The van der Waals surface area contributed by atoms with Crippen molar-refractivity contribution >= 4 is 34.8 Å². The summed E-state index contributed by atoms with van der Waals surface area (Å²) in [4.78, 5) is 3.43. The third kappa shape index (κ3) is 2.39. The maximum absolute atomic E-state index is 6.81. The van der Waals surface area contributed by atoms with Crippen LogP contribution < -0.4 is 19.7 Å². The van der Waals surface area contributed by atoms with E-state index in [0.29, 0.717) is 5.92 Å². The molecule has 4 nitrogen and oxygen atoms in total. The van der Waals surface area contributed by atoms with Gasteiger partial charge in [0, 0.05) is 28.5 Å². The Bertz CT molecular complexity index is 919. The summed E-state index contributed by atoms with van der Waals surface area (Å²) >= 11 is 7.59. The standard InChI is InChI=1S/C21H22N2O2S2/c1-24-17-10-4-8-15-18-16-9-5-11-21(16,25-19(15)17)23(20(26)22-18)13-6-3-7-14(12-13)27-2/h3-4,6-8,10,12,16,18H,5,9,11H2,1-2H3,(H,22,26)/t16-,18-,21-/m0/s1. The Kier molecular flexibility index (Phi) is 4.02. The fourth-order valence-corrected chi connectivity index (χ4v) is 5.78. The summed E-state index contributed by atoms with van der Waals surface area (Å²) in [6.07, 6.45) is 5.30. The molecular formula is C21H22N2O2S2. The molecular weight excluding hydrogens is 376 g/mol. The van der Waals surface area contributed by atoms with E-state index in [0.717, 1.165) is 47.1 Å². The topological polar surface area (TPSA) is 33.7 Å². The Balaban J connectivity index is 1.69. The molecule has 0 radical (unpaired) electrons. The number of benzene rings is 2. The van der Waals surface area contributed by atoms with Gasteiger partial charge in [-0.05, 0) is 55.6 Å². The van der Waals surface area contributed by atoms with Crippen LogP contribution >= 0.6 is 24.0 Å². The number of para-hydroxylation sites is 1. The first-order valence-electron chi connectivity index (χ1n) is 9.28. The van der Waals surface area contributed by atoms with E-state index >= 15 is 0 Å². The smallest absolute Gasteiger partial charge is 0.194 e. The van der Waals surface area contributed by atoms with Crippen molar-refractivity contribution < 1.29 is 9.47 Å². The van der Waals surface area contributed by atoms with Crippen molar-refractivity contribution in [3.8, 4) is 11.5 Å². The van der Waals surface area contributed by atoms with Gasteiger partial charge in [0.2, 0.25) is 0 Å². The number of hydrogen-bond donors (Lipinski definition) is 1. The summed E-state index contributed by atoms with van der Waals surface area (Å²) in [6, 6.07) is 14.8. The van der Waals surface area contributed by atoms with E-state index in [2.05, 4.69) is 46.8 Å². The van der Waals surface area contributed by atoms with Crippen molar-refractivity contribution in [3.05, 3.63) is 48.0 Å². The molecule has 2 fully saturated rings. The van der Waals surface area contributed by atoms with Crippen LogP contribution in [0.1, 0.15) is 30.9 Å². The molecule has 1 aliphatic carbocycles. The van der Waals surface area contributed by atoms with Crippen molar-refractivity contribution in [2.75, 3.05) is 18.3 Å². The fraction of sp³-hybridized carbons (Fsp3) is 0.381. The lowest BCUT2D eigenvalue weighted by Crippen LogP contribution is -2.69. The highest BCUT2D eigenvalue weighted by atomic mass is 32.2. The summed E-state index contributed by atoms with van der Waals surface area (Å²) in [5.41, 5.74) is 1.78. The van der Waals surface area contributed by atoms with Crippen LogP contribution in [0.25, 0.3) is 0 Å². The van der Waals surface area contributed by atoms with E-state index in [-0.39, 0.29) is 6.04 Å². The zero-order valence-electron chi connectivity index (χ0n) is 15.4. The molecule has 0 unspecified atom stereocenters. The van der Waals surface area contributed by atoms with Gasteiger partial charge in [-0.25, -0.2) is 0 Å². The summed E-state index contributed by atoms with van der Waals surface area (Å²) in [6.45, 7) is 0. The number of fused-ring (bicyclic) bond motifs is 2. The molecule has 3 atom stereocenters. The van der Waals surface area contributed by atoms with E-state index < -0.39 is 5.72 Å². The Hall–Kier alpha value is -1.92. The molecule has 5 rings (SSSR count). The summed E-state index contributed by atoms with van der Waals surface area (Å²) < 4.78 is 12.4. The van der Waals surface area contributed by atoms with Gasteiger partial charge < -0.3 is 14.8 Å². The minimum absolute atomic E-state index is 0.166. The lowest BCUT2D eigenvalue weighted by Gasteiger charge is -2.56. The molecule has 1 N–H and O–H groups in total. The van der Waals surface area contributed by atoms with Gasteiger partial charge in [0.25, 0.3) is 0 Å². The lowest BCUT2D eigenvalue weighted by molar-refractivity contribution is -0.00735. The van der Waals surface area contributed by atoms with Gasteiger partial charge >= 0.3 is 0 Å². The SMILES string of the molecule is COc1cccc2c1O[C@@]13CCC[C@H]1[C@H]2NC(=S)N3c1cccc(SC)c1. The molecule has 3 aliphatic rings. The molecule has 2 aliphatic heterocycles. The molecule has 1 saturated carbocycles. The van der Waals surface area contributed by atoms with Crippen LogP contribution in [0.15, 0.2) is 47.4 Å². The van der Waals surface area contributed by atoms with Crippen LogP contribution in [0.2, 0.25) is 0 Å². The minimum atomic E-state index is -0.453. The van der Waals surface area contributed by atoms with E-state index in [1.165, 1.54) is 4.90 Å². The van der Waals surface area contributed by atoms with Gasteiger partial charge in [0.05, 0.1) is 13.2 Å². The molecule has 2 aromatic rings. The third-order valence-corrected chi connectivity index (χ3v) is 7.07. The van der Waals surface area contributed by atoms with Crippen LogP contribution in [-0.2, 0) is 0 Å². The quantitative estimate of drug-likeness (QED) is 0.594. The summed E-state index contributed by atoms with van der Waals surface area (Å²) in [5.74, 6) is 1.99. The Morgan fingerprint density at radius 1 is 1.30 bits per heavy atom. The van der Waals surface area contributed by atoms with Gasteiger partial charge in [0.15, 0.2) is 22.3 Å². The molecule has 2 aromatic carbocycles. The average molecular weight is 399 g/mol. The Morgan fingerprint density at radius 3 is 2.96 bits per heavy atom. The third-order valence-electron chi connectivity index (χ3n) is 6.05. The number of rotatable bonds is 3. The predicted molar refractivity (Wildman–Crippen MR) is 113 cm³/mol. The normalized spacial score (nSPS) is 28.1. The zero-order valence-corrected chi connectivity index (χ0v) is 17.0. The summed E-state index contributed by atoms with van der Waals surface area (Å²) in [5, 5.41) is 4.36. The largest absolute Gasteiger partial charge is 0.493 e. The molecule has 1 saturated heterocycles. The number of thioether (sulfide) groups is 1. The minimum Gasteiger partial charge on any atom is -0.493 e. The summed E-state index contributed by atoms with van der Waals surface area (Å²) in [7, 11) is 1.70. The first kappa shape index (κ1) is 17.2. The number of anilines is 1. The van der Waals surface area contributed by atoms with E-state index in [1.807, 2.05) is 12.1 Å². The zero-order chi connectivity index (χ0) is 18.6. The van der Waals surface area contributed by atoms with Crippen molar-refractivity contribution in [2.24, 2.45) is 5.92 Å². The van der Waals surface area contributed by atoms with Crippen LogP contribution in [0.3, 0.4) is 0 Å². The average Bonchev–Trinajstić information content (AvgIpc) is 3.12. The van der Waals surface area contributed by atoms with E-state index in [1.54, 1.807) is 18.9 Å². The monoisotopic (exact) mass is 398 g/mol. The van der Waals surface area contributed by atoms with Crippen molar-refractivity contribution in [1.82, 2.24) is 5.32 Å². The fourth-order valence-electron chi connectivity index (χ4n) is 4.94. The molecule has 2 bridgehead atoms. The number of nitrogens with zero attached hydrogens (tertiary/aromatic N) is 1. The molecule has 0 amide bonds. The number of ether oxygens (including phenoxy) is 2. The van der Waals surface area contributed by atoms with E-state index in [9.17, 15) is 0 Å². The van der Waals surface area contributed by atoms with Gasteiger partial charge in [-0.3, -0.25) is 4.90 Å². The molecule has 0 spiro atoms. The molecule has 140 valence electrons. The van der Waals surface area contributed by atoms with Crippen LogP contribution in [-0.4, -0.2) is 24.2 Å². The van der Waals surface area contributed by atoms with Crippen LogP contribution in [0, 0.1) is 5.92 Å². The highest BCUT2D eigenvalue weighted by Gasteiger charge is 2.61. The maximum atomic E-state index is 6.81. The van der Waals surface area contributed by atoms with Crippen molar-refractivity contribution in [3.63, 3.8) is 0 Å². The van der Waals surface area contributed by atoms with E-state index in [4.69, 9.17) is 21.7 Å². The van der Waals surface area contributed by atoms with Crippen molar-refractivity contribution in [2.45, 2.75) is 35.9 Å². The first-order valence-corrected chi connectivity index (χ1v) is 10.9. The highest BCUT2D eigenvalue weighted by Crippen LogP contribution is 2.58. The van der Waals surface area contributed by atoms with Gasteiger partial charge in [0.1, 0.15) is 0 Å². The second kappa shape index (κ2) is 6.31. The lowest BCUT2D eigenvalue weighted by atomic mass is 9.80. The van der Waals surface area contributed by atoms with Crippen LogP contribution in [0.4, 0.5) is 5.69 Å². The number of hydrogen-bond acceptors (Lipinski definition) is 4. The Morgan fingerprint density at radius 2 is 2.15 bits per heavy atom. The number of nitrogens with one attached hydrogen (secondary N) is 1. The van der Waals surface area contributed by atoms with Gasteiger partial charge in [-0.1, -0.05) is 18.2 Å². The predicted octanol–water partition coefficient (Wildman–Crippen LogP) is 4.74. The van der Waals surface area contributed by atoms with Gasteiger partial charge in [-0.2, -0.15) is 0 Å². The molecule has 0 aromatic heterocycles. The molecule has 27 heavy (non-hydrogen) atoms. The second-order valence-corrected chi connectivity index (χ2v) is 8.55. The van der Waals surface area contributed by atoms with Crippen LogP contribution in [0.5, 0.6) is 11.5 Å². The maximum Gasteiger partial charge on any atom is 0.194 e. The van der Waals surface area contributed by atoms with Gasteiger partial charge in [-0.15, -0.1) is 11.8 Å². The molecule has 2 heterocycles. The second-order valence-electron chi connectivity index (χ2n) is 7.29. The molecule has 6 heteroatoms. The number of thiocarbonyl (C=S) groups is 1. The first-order chi connectivity index (χ1) is 13.2. The Labute approximate surface area is 169 Å². The van der Waals surface area contributed by atoms with Crippen molar-refractivity contribution in [1.29, 1.82) is 0 Å². The number of methoxy groups -OCH3 is 1.